The van der Waals surface area contributed by atoms with Crippen molar-refractivity contribution >= 4 is 46.0 Å². The van der Waals surface area contributed by atoms with Crippen molar-refractivity contribution in [3.63, 3.8) is 0 Å². The number of thiocarbonyl (C=S) groups is 1. The van der Waals surface area contributed by atoms with E-state index in [0.29, 0.717) is 9.23 Å². The van der Waals surface area contributed by atoms with Crippen LogP contribution in [0.25, 0.3) is 6.08 Å². The van der Waals surface area contributed by atoms with Gasteiger partial charge in [0, 0.05) is 12.4 Å². The number of thioether (sulfide) groups is 1. The molecule has 1 aliphatic rings. The highest BCUT2D eigenvalue weighted by Gasteiger charge is 2.33. The van der Waals surface area contributed by atoms with Crippen LogP contribution in [-0.4, -0.2) is 15.2 Å². The van der Waals surface area contributed by atoms with Crippen molar-refractivity contribution in [2.45, 2.75) is 6.92 Å². The van der Waals surface area contributed by atoms with Crippen LogP contribution in [-0.2, 0) is 4.79 Å². The molecule has 1 aliphatic heterocycles. The third-order valence-electron chi connectivity index (χ3n) is 3.09. The molecule has 104 valence electrons. The van der Waals surface area contributed by atoms with E-state index in [9.17, 15) is 4.79 Å². The molecule has 3 nitrogen and oxygen atoms in total. The van der Waals surface area contributed by atoms with Gasteiger partial charge in [-0.15, -0.1) is 0 Å². The molecule has 21 heavy (non-hydrogen) atoms. The van der Waals surface area contributed by atoms with Crippen molar-refractivity contribution in [3.05, 3.63) is 64.8 Å². The van der Waals surface area contributed by atoms with Crippen molar-refractivity contribution in [3.8, 4) is 0 Å². The van der Waals surface area contributed by atoms with E-state index in [2.05, 4.69) is 4.98 Å². The van der Waals surface area contributed by atoms with Crippen LogP contribution in [0.3, 0.4) is 0 Å². The number of rotatable bonds is 2. The largest absolute Gasteiger partial charge is 0.270 e. The minimum absolute atomic E-state index is 0.0781. The smallest absolute Gasteiger partial charge is 0.268 e. The van der Waals surface area contributed by atoms with Gasteiger partial charge in [0.2, 0.25) is 0 Å². The first-order chi connectivity index (χ1) is 10.1. The Bertz CT molecular complexity index is 724. The number of hydrogen-bond acceptors (Lipinski definition) is 4. The normalized spacial score (nSPS) is 16.8. The molecule has 0 radical (unpaired) electrons. The summed E-state index contributed by atoms with van der Waals surface area (Å²) in [7, 11) is 0. The van der Waals surface area contributed by atoms with Crippen molar-refractivity contribution in [1.82, 2.24) is 4.98 Å². The molecular formula is C16H12N2OS2. The maximum atomic E-state index is 12.5. The van der Waals surface area contributed by atoms with Crippen LogP contribution in [0.5, 0.6) is 0 Å². The highest BCUT2D eigenvalue weighted by atomic mass is 32.2. The topological polar surface area (TPSA) is 33.2 Å². The van der Waals surface area contributed by atoms with Crippen LogP contribution in [0.15, 0.2) is 53.7 Å². The Balaban J connectivity index is 1.92. The average Bonchev–Trinajstić information content (AvgIpc) is 2.76. The molecule has 1 saturated heterocycles. The molecule has 0 saturated carbocycles. The van der Waals surface area contributed by atoms with Gasteiger partial charge in [0.25, 0.3) is 5.91 Å². The predicted octanol–water partition coefficient (Wildman–Crippen LogP) is 3.80. The lowest BCUT2D eigenvalue weighted by atomic mass is 10.2. The van der Waals surface area contributed by atoms with Gasteiger partial charge in [-0.25, -0.2) is 0 Å². The van der Waals surface area contributed by atoms with Gasteiger partial charge in [-0.2, -0.15) is 0 Å². The number of anilines is 1. The molecule has 2 aromatic rings. The quantitative estimate of drug-likeness (QED) is 0.624. The van der Waals surface area contributed by atoms with Gasteiger partial charge in [-0.1, -0.05) is 41.7 Å². The fourth-order valence-electron chi connectivity index (χ4n) is 2.00. The maximum absolute atomic E-state index is 12.5. The molecule has 5 heteroatoms. The zero-order valence-corrected chi connectivity index (χ0v) is 12.9. The van der Waals surface area contributed by atoms with Gasteiger partial charge in [-0.3, -0.25) is 14.7 Å². The molecule has 2 heterocycles. The van der Waals surface area contributed by atoms with Crippen molar-refractivity contribution in [1.29, 1.82) is 0 Å². The maximum Gasteiger partial charge on any atom is 0.270 e. The first-order valence-corrected chi connectivity index (χ1v) is 7.62. The number of aryl methyl sites for hydroxylation is 1. The summed E-state index contributed by atoms with van der Waals surface area (Å²) in [4.78, 5) is 18.7. The number of benzene rings is 1. The van der Waals surface area contributed by atoms with Crippen LogP contribution in [0.1, 0.15) is 11.1 Å². The van der Waals surface area contributed by atoms with E-state index in [4.69, 9.17) is 12.2 Å². The summed E-state index contributed by atoms with van der Waals surface area (Å²) in [6.07, 6.45) is 5.24. The summed E-state index contributed by atoms with van der Waals surface area (Å²) in [6, 6.07) is 11.5. The standard InChI is InChI=1S/C16H12N2OS2/c1-11-2-4-13(5-3-11)18-15(19)14(21-16(18)20)10-12-6-8-17-9-7-12/h2-10H,1H3. The number of pyridine rings is 1. The first-order valence-electron chi connectivity index (χ1n) is 6.40. The number of amides is 1. The van der Waals surface area contributed by atoms with Crippen LogP contribution in [0.4, 0.5) is 5.69 Å². The van der Waals surface area contributed by atoms with Gasteiger partial charge in [0.05, 0.1) is 10.6 Å². The second-order valence-corrected chi connectivity index (χ2v) is 6.31. The minimum Gasteiger partial charge on any atom is -0.268 e. The van der Waals surface area contributed by atoms with E-state index in [1.54, 1.807) is 17.3 Å². The minimum atomic E-state index is -0.0781. The fraction of sp³-hybridized carbons (Fsp3) is 0.0625. The van der Waals surface area contributed by atoms with E-state index < -0.39 is 0 Å². The number of hydrogen-bond donors (Lipinski definition) is 0. The van der Waals surface area contributed by atoms with Crippen molar-refractivity contribution in [2.24, 2.45) is 0 Å². The first kappa shape index (κ1) is 14.0. The van der Waals surface area contributed by atoms with Gasteiger partial charge >= 0.3 is 0 Å². The van der Waals surface area contributed by atoms with Gasteiger partial charge in [-0.05, 0) is 42.8 Å². The van der Waals surface area contributed by atoms with Crippen molar-refractivity contribution in [2.75, 3.05) is 4.90 Å². The molecule has 0 N–H and O–H groups in total. The van der Waals surface area contributed by atoms with Gasteiger partial charge in [0.15, 0.2) is 4.32 Å². The second-order valence-electron chi connectivity index (χ2n) is 4.63. The van der Waals surface area contributed by atoms with E-state index in [0.717, 1.165) is 16.8 Å². The summed E-state index contributed by atoms with van der Waals surface area (Å²) in [6.45, 7) is 2.01. The summed E-state index contributed by atoms with van der Waals surface area (Å²) in [5.41, 5.74) is 2.90. The monoisotopic (exact) mass is 312 g/mol. The third-order valence-corrected chi connectivity index (χ3v) is 4.39. The SMILES string of the molecule is Cc1ccc(N2C(=O)C(=Cc3ccncc3)SC2=S)cc1. The highest BCUT2D eigenvalue weighted by molar-refractivity contribution is 8.27. The lowest BCUT2D eigenvalue weighted by molar-refractivity contribution is -0.113. The van der Waals surface area contributed by atoms with Crippen LogP contribution >= 0.6 is 24.0 Å². The Morgan fingerprint density at radius 3 is 2.48 bits per heavy atom. The van der Waals surface area contributed by atoms with E-state index >= 15 is 0 Å². The molecule has 0 spiro atoms. The molecule has 0 bridgehead atoms. The Hall–Kier alpha value is -1.98. The molecule has 3 rings (SSSR count). The molecule has 0 atom stereocenters. The van der Waals surface area contributed by atoms with Gasteiger partial charge in [0.1, 0.15) is 0 Å². The second kappa shape index (κ2) is 5.79. The summed E-state index contributed by atoms with van der Waals surface area (Å²) in [5.74, 6) is -0.0781. The van der Waals surface area contributed by atoms with Gasteiger partial charge < -0.3 is 0 Å². The van der Waals surface area contributed by atoms with Crippen molar-refractivity contribution < 1.29 is 4.79 Å². The van der Waals surface area contributed by atoms with E-state index in [-0.39, 0.29) is 5.91 Å². The summed E-state index contributed by atoms with van der Waals surface area (Å²) < 4.78 is 0.559. The zero-order chi connectivity index (χ0) is 14.8. The van der Waals surface area contributed by atoms with Crippen LogP contribution in [0, 0.1) is 6.92 Å². The molecular weight excluding hydrogens is 300 g/mol. The van der Waals surface area contributed by atoms with E-state index in [1.165, 1.54) is 11.8 Å². The van der Waals surface area contributed by atoms with Crippen LogP contribution in [0.2, 0.25) is 0 Å². The van der Waals surface area contributed by atoms with E-state index in [1.807, 2.05) is 49.4 Å². The Morgan fingerprint density at radius 2 is 1.81 bits per heavy atom. The zero-order valence-electron chi connectivity index (χ0n) is 11.3. The molecule has 0 aliphatic carbocycles. The lowest BCUT2D eigenvalue weighted by Gasteiger charge is -2.14. The molecule has 1 fully saturated rings. The average molecular weight is 312 g/mol. The number of carbonyl (C=O) groups excluding carboxylic acids is 1. The third kappa shape index (κ3) is 2.89. The Morgan fingerprint density at radius 1 is 1.14 bits per heavy atom. The number of aromatic nitrogens is 1. The fourth-order valence-corrected chi connectivity index (χ4v) is 3.29. The number of carbonyl (C=O) groups is 1. The Kier molecular flexibility index (Phi) is 3.86. The predicted molar refractivity (Wildman–Crippen MR) is 91.1 cm³/mol. The molecule has 1 amide bonds. The summed E-state index contributed by atoms with van der Waals surface area (Å²) >= 11 is 6.66. The molecule has 1 aromatic carbocycles. The number of nitrogens with zero attached hydrogens (tertiary/aromatic N) is 2. The van der Waals surface area contributed by atoms with Crippen LogP contribution < -0.4 is 4.90 Å². The Labute approximate surface area is 132 Å². The molecule has 1 aromatic heterocycles. The lowest BCUT2D eigenvalue weighted by Crippen LogP contribution is -2.27. The molecule has 0 unspecified atom stereocenters. The summed E-state index contributed by atoms with van der Waals surface area (Å²) in [5, 5.41) is 0. The highest BCUT2D eigenvalue weighted by Crippen LogP contribution is 2.35.